The Kier molecular flexibility index (Phi) is 2.26. The molecule has 6 heteroatoms. The maximum atomic E-state index is 12.0. The molecule has 2 aliphatic rings. The number of amides is 1. The second-order valence-electron chi connectivity index (χ2n) is 5.05. The molecule has 1 aromatic heterocycles. The third kappa shape index (κ3) is 1.72. The zero-order valence-electron chi connectivity index (χ0n) is 10.6. The van der Waals surface area contributed by atoms with E-state index in [1.165, 1.54) is 0 Å². The third-order valence-electron chi connectivity index (χ3n) is 3.48. The van der Waals surface area contributed by atoms with Crippen molar-refractivity contribution in [2.45, 2.75) is 18.5 Å². The van der Waals surface area contributed by atoms with E-state index in [0.29, 0.717) is 11.5 Å². The van der Waals surface area contributed by atoms with Crippen molar-refractivity contribution in [2.24, 2.45) is 16.1 Å². The predicted molar refractivity (Wildman–Crippen MR) is 70.5 cm³/mol. The number of hydrogen-bond donors (Lipinski definition) is 1. The smallest absolute Gasteiger partial charge is 0.250 e. The lowest BCUT2D eigenvalue weighted by Crippen LogP contribution is -2.43. The Morgan fingerprint density at radius 3 is 2.90 bits per heavy atom. The summed E-state index contributed by atoms with van der Waals surface area (Å²) in [5, 5.41) is 10.8. The number of nitrogens with zero attached hydrogens (tertiary/aromatic N) is 3. The molecule has 2 heterocycles. The zero-order valence-corrected chi connectivity index (χ0v) is 10.6. The fourth-order valence-corrected chi connectivity index (χ4v) is 2.20. The molecule has 1 atom stereocenters. The van der Waals surface area contributed by atoms with Crippen molar-refractivity contribution in [2.75, 3.05) is 0 Å². The first-order chi connectivity index (χ1) is 9.77. The van der Waals surface area contributed by atoms with Crippen LogP contribution in [-0.2, 0) is 10.5 Å². The first-order valence-corrected chi connectivity index (χ1v) is 6.55. The number of rotatable bonds is 3. The van der Waals surface area contributed by atoms with Crippen molar-refractivity contribution in [1.82, 2.24) is 10.3 Å². The Morgan fingerprint density at radius 1 is 1.35 bits per heavy atom. The van der Waals surface area contributed by atoms with Crippen LogP contribution in [0.4, 0.5) is 0 Å². The molecule has 1 aliphatic heterocycles. The van der Waals surface area contributed by atoms with Gasteiger partial charge in [0.15, 0.2) is 5.58 Å². The summed E-state index contributed by atoms with van der Waals surface area (Å²) in [7, 11) is 0. The average molecular weight is 268 g/mol. The molecule has 1 fully saturated rings. The molecule has 20 heavy (non-hydrogen) atoms. The molecule has 1 saturated carbocycles. The molecular weight excluding hydrogens is 256 g/mol. The largest absolute Gasteiger partial charge is 0.436 e. The number of oxazole rings is 1. The molecule has 100 valence electrons. The van der Waals surface area contributed by atoms with Crippen LogP contribution >= 0.6 is 0 Å². The van der Waals surface area contributed by atoms with Crippen molar-refractivity contribution >= 4 is 17.0 Å². The van der Waals surface area contributed by atoms with Crippen LogP contribution in [0.5, 0.6) is 0 Å². The molecule has 4 rings (SSSR count). The molecule has 1 aromatic carbocycles. The quantitative estimate of drug-likeness (QED) is 0.928. The van der Waals surface area contributed by atoms with Crippen LogP contribution in [0.1, 0.15) is 18.7 Å². The first-order valence-electron chi connectivity index (χ1n) is 6.55. The summed E-state index contributed by atoms with van der Waals surface area (Å²) in [6, 6.07) is 7.45. The van der Waals surface area contributed by atoms with E-state index in [1.54, 1.807) is 12.3 Å². The molecule has 0 spiro atoms. The summed E-state index contributed by atoms with van der Waals surface area (Å²) in [4.78, 5) is 16.5. The van der Waals surface area contributed by atoms with Gasteiger partial charge in [0.05, 0.1) is 6.20 Å². The van der Waals surface area contributed by atoms with Gasteiger partial charge in [-0.3, -0.25) is 4.79 Å². The number of benzene rings is 1. The number of nitrogens with one attached hydrogen (secondary N) is 1. The standard InChI is InChI=1S/C14H12N4O2/c19-12(9-5-6-9)17-14(7-8-15-18-14)13-16-10-3-1-2-4-11(10)20-13/h1-4,7-9H,5-6H2,(H,17,19). The highest BCUT2D eigenvalue weighted by atomic mass is 16.4. The molecule has 0 saturated heterocycles. The van der Waals surface area contributed by atoms with Crippen LogP contribution < -0.4 is 5.32 Å². The van der Waals surface area contributed by atoms with Gasteiger partial charge in [0, 0.05) is 5.92 Å². The van der Waals surface area contributed by atoms with Gasteiger partial charge in [-0.2, -0.15) is 5.11 Å². The number of azo groups is 1. The van der Waals surface area contributed by atoms with Crippen molar-refractivity contribution in [3.63, 3.8) is 0 Å². The predicted octanol–water partition coefficient (Wildman–Crippen LogP) is 2.49. The monoisotopic (exact) mass is 268 g/mol. The topological polar surface area (TPSA) is 79.9 Å². The minimum Gasteiger partial charge on any atom is -0.436 e. The Balaban J connectivity index is 1.76. The lowest BCUT2D eigenvalue weighted by atomic mass is 10.1. The number of para-hydroxylation sites is 2. The van der Waals surface area contributed by atoms with E-state index >= 15 is 0 Å². The van der Waals surface area contributed by atoms with Crippen molar-refractivity contribution < 1.29 is 9.21 Å². The van der Waals surface area contributed by atoms with Gasteiger partial charge >= 0.3 is 0 Å². The average Bonchev–Trinajstić information content (AvgIpc) is 3.05. The number of hydrogen-bond acceptors (Lipinski definition) is 5. The molecule has 1 amide bonds. The summed E-state index contributed by atoms with van der Waals surface area (Å²) >= 11 is 0. The fourth-order valence-electron chi connectivity index (χ4n) is 2.20. The molecule has 1 N–H and O–H groups in total. The summed E-state index contributed by atoms with van der Waals surface area (Å²) in [5.74, 6) is 0.392. The summed E-state index contributed by atoms with van der Waals surface area (Å²) in [6.45, 7) is 0. The Hall–Kier alpha value is -2.50. The SMILES string of the molecule is O=C(NC1(c2nc3ccccc3o2)C=CN=N1)C1CC1. The molecule has 2 aromatic rings. The molecule has 1 unspecified atom stereocenters. The second-order valence-corrected chi connectivity index (χ2v) is 5.05. The Bertz CT molecular complexity index is 697. The summed E-state index contributed by atoms with van der Waals surface area (Å²) in [6.07, 6.45) is 5.09. The van der Waals surface area contributed by atoms with Gasteiger partial charge < -0.3 is 9.73 Å². The lowest BCUT2D eigenvalue weighted by Gasteiger charge is -2.20. The van der Waals surface area contributed by atoms with Gasteiger partial charge in [0.1, 0.15) is 5.52 Å². The first kappa shape index (κ1) is 11.3. The van der Waals surface area contributed by atoms with Crippen LogP contribution in [-0.4, -0.2) is 10.9 Å². The maximum absolute atomic E-state index is 12.0. The van der Waals surface area contributed by atoms with Gasteiger partial charge in [-0.15, -0.1) is 5.11 Å². The molecular formula is C14H12N4O2. The van der Waals surface area contributed by atoms with Crippen molar-refractivity contribution in [1.29, 1.82) is 0 Å². The van der Waals surface area contributed by atoms with Crippen LogP contribution in [0.25, 0.3) is 11.1 Å². The van der Waals surface area contributed by atoms with E-state index in [9.17, 15) is 4.79 Å². The van der Waals surface area contributed by atoms with Crippen LogP contribution in [0.15, 0.2) is 51.2 Å². The van der Waals surface area contributed by atoms with Crippen LogP contribution in [0, 0.1) is 5.92 Å². The molecule has 6 nitrogen and oxygen atoms in total. The molecule has 0 radical (unpaired) electrons. The van der Waals surface area contributed by atoms with E-state index in [4.69, 9.17) is 4.42 Å². The van der Waals surface area contributed by atoms with E-state index in [2.05, 4.69) is 20.5 Å². The van der Waals surface area contributed by atoms with Crippen molar-refractivity contribution in [3.8, 4) is 0 Å². The van der Waals surface area contributed by atoms with Gasteiger partial charge in [0.2, 0.25) is 11.6 Å². The zero-order chi connectivity index (χ0) is 13.6. The van der Waals surface area contributed by atoms with E-state index in [-0.39, 0.29) is 11.8 Å². The second kappa shape index (κ2) is 4.00. The highest BCUT2D eigenvalue weighted by molar-refractivity contribution is 5.82. The minimum absolute atomic E-state index is 0.0299. The third-order valence-corrected chi connectivity index (χ3v) is 3.48. The summed E-state index contributed by atoms with van der Waals surface area (Å²) < 4.78 is 5.73. The highest BCUT2D eigenvalue weighted by Gasteiger charge is 2.42. The van der Waals surface area contributed by atoms with E-state index in [1.807, 2.05) is 24.3 Å². The van der Waals surface area contributed by atoms with Gasteiger partial charge in [-0.05, 0) is 31.1 Å². The number of carbonyl (C=O) groups excluding carboxylic acids is 1. The van der Waals surface area contributed by atoms with Gasteiger partial charge in [0.25, 0.3) is 5.89 Å². The summed E-state index contributed by atoms with van der Waals surface area (Å²) in [5.41, 5.74) is 0.301. The maximum Gasteiger partial charge on any atom is 0.250 e. The number of fused-ring (bicyclic) bond motifs is 1. The highest BCUT2D eigenvalue weighted by Crippen LogP contribution is 2.34. The number of carbonyl (C=O) groups is 1. The van der Waals surface area contributed by atoms with Gasteiger partial charge in [-0.1, -0.05) is 12.1 Å². The Morgan fingerprint density at radius 2 is 2.20 bits per heavy atom. The minimum atomic E-state index is -1.10. The fraction of sp³-hybridized carbons (Fsp3) is 0.286. The van der Waals surface area contributed by atoms with Crippen LogP contribution in [0.2, 0.25) is 0 Å². The molecule has 1 aliphatic carbocycles. The van der Waals surface area contributed by atoms with Crippen molar-refractivity contribution in [3.05, 3.63) is 42.4 Å². The molecule has 0 bridgehead atoms. The van der Waals surface area contributed by atoms with E-state index in [0.717, 1.165) is 18.4 Å². The lowest BCUT2D eigenvalue weighted by molar-refractivity contribution is -0.124. The Labute approximate surface area is 114 Å². The normalized spacial score (nSPS) is 24.4. The van der Waals surface area contributed by atoms with Gasteiger partial charge in [-0.25, -0.2) is 4.98 Å². The van der Waals surface area contributed by atoms with Crippen LogP contribution in [0.3, 0.4) is 0 Å². The number of aromatic nitrogens is 1. The van der Waals surface area contributed by atoms with E-state index < -0.39 is 5.66 Å².